The number of likely N-dealkylation sites (N-methyl/N-ethyl adjacent to an activating group) is 1. The Bertz CT molecular complexity index is 779. The molecule has 0 spiro atoms. The average Bonchev–Trinajstić information content (AvgIpc) is 2.58. The van der Waals surface area contributed by atoms with E-state index in [2.05, 4.69) is 5.32 Å². The quantitative estimate of drug-likeness (QED) is 0.795. The lowest BCUT2D eigenvalue weighted by molar-refractivity contribution is -0.136. The summed E-state index contributed by atoms with van der Waals surface area (Å²) in [6.07, 6.45) is -4.57. The number of carbonyl (C=O) groups excluding carboxylic acids is 1. The van der Waals surface area contributed by atoms with Crippen molar-refractivity contribution in [3.8, 4) is 5.75 Å². The zero-order chi connectivity index (χ0) is 20.0. The Morgan fingerprint density at radius 2 is 1.78 bits per heavy atom. The van der Waals surface area contributed by atoms with Gasteiger partial charge in [0.05, 0.1) is 11.3 Å². The highest BCUT2D eigenvalue weighted by molar-refractivity contribution is 5.90. The zero-order valence-corrected chi connectivity index (χ0v) is 15.1. The van der Waals surface area contributed by atoms with Crippen LogP contribution in [0, 0.1) is 0 Å². The number of anilines is 1. The molecule has 0 heterocycles. The van der Waals surface area contributed by atoms with Crippen LogP contribution in [0.5, 0.6) is 5.75 Å². The number of para-hydroxylation sites is 1. The molecular weight excluding hydrogens is 359 g/mol. The Hall–Kier alpha value is -2.74. The van der Waals surface area contributed by atoms with E-state index in [9.17, 15) is 23.1 Å². The van der Waals surface area contributed by atoms with Crippen molar-refractivity contribution in [1.29, 1.82) is 0 Å². The van der Waals surface area contributed by atoms with Crippen molar-refractivity contribution >= 4 is 11.7 Å². The number of halogens is 3. The molecule has 0 radical (unpaired) electrons. The highest BCUT2D eigenvalue weighted by Crippen LogP contribution is 2.34. The summed E-state index contributed by atoms with van der Waals surface area (Å²) < 4.78 is 39.4. The first-order chi connectivity index (χ1) is 12.7. The molecule has 0 saturated carbocycles. The van der Waals surface area contributed by atoms with Gasteiger partial charge in [-0.15, -0.1) is 0 Å². The first kappa shape index (κ1) is 20.6. The number of hydrogen-bond acceptors (Lipinski definition) is 3. The average molecular weight is 381 g/mol. The molecule has 0 saturated heterocycles. The van der Waals surface area contributed by atoms with Gasteiger partial charge in [0.2, 0.25) is 0 Å². The lowest BCUT2D eigenvalue weighted by atomic mass is 10.1. The second-order valence-electron chi connectivity index (χ2n) is 6.37. The summed E-state index contributed by atoms with van der Waals surface area (Å²) >= 11 is 0. The van der Waals surface area contributed by atoms with Crippen LogP contribution in [0.15, 0.2) is 48.5 Å². The van der Waals surface area contributed by atoms with Crippen LogP contribution in [-0.2, 0) is 12.7 Å². The fraction of sp³-hybridized carbons (Fsp3) is 0.316. The van der Waals surface area contributed by atoms with Crippen LogP contribution < -0.4 is 5.32 Å². The van der Waals surface area contributed by atoms with E-state index in [0.29, 0.717) is 18.7 Å². The normalized spacial score (nSPS) is 11.5. The molecule has 146 valence electrons. The number of phenols is 1. The highest BCUT2D eigenvalue weighted by Gasteiger charge is 2.33. The van der Waals surface area contributed by atoms with Gasteiger partial charge in [0, 0.05) is 19.6 Å². The van der Waals surface area contributed by atoms with Gasteiger partial charge in [-0.05, 0) is 43.9 Å². The Morgan fingerprint density at radius 1 is 1.07 bits per heavy atom. The number of alkyl halides is 3. The molecule has 2 amide bonds. The number of carbonyl (C=O) groups is 1. The van der Waals surface area contributed by atoms with E-state index >= 15 is 0 Å². The summed E-state index contributed by atoms with van der Waals surface area (Å²) in [5.74, 6) is 0.0582. The van der Waals surface area contributed by atoms with Crippen molar-refractivity contribution in [1.82, 2.24) is 9.80 Å². The molecule has 0 aromatic heterocycles. The standard InChI is InChI=1S/C19H22F3N3O2/c1-24(2)10-11-25(13-14-6-5-7-15(26)12-14)18(27)23-17-9-4-3-8-16(17)19(20,21)22/h3-9,12,26H,10-11,13H2,1-2H3,(H,23,27). The molecule has 0 aliphatic carbocycles. The first-order valence-electron chi connectivity index (χ1n) is 8.31. The predicted molar refractivity (Wildman–Crippen MR) is 97.5 cm³/mol. The molecular formula is C19H22F3N3O2. The molecule has 0 aliphatic heterocycles. The van der Waals surface area contributed by atoms with E-state index in [0.717, 1.165) is 6.07 Å². The van der Waals surface area contributed by atoms with Gasteiger partial charge in [0.1, 0.15) is 5.75 Å². The van der Waals surface area contributed by atoms with Crippen LogP contribution in [0.3, 0.4) is 0 Å². The molecule has 0 bridgehead atoms. The van der Waals surface area contributed by atoms with E-state index in [1.54, 1.807) is 12.1 Å². The van der Waals surface area contributed by atoms with Gasteiger partial charge in [0.25, 0.3) is 0 Å². The Morgan fingerprint density at radius 3 is 2.41 bits per heavy atom. The summed E-state index contributed by atoms with van der Waals surface area (Å²) in [7, 11) is 3.67. The van der Waals surface area contributed by atoms with E-state index in [1.165, 1.54) is 35.2 Å². The number of rotatable bonds is 6. The van der Waals surface area contributed by atoms with Crippen LogP contribution >= 0.6 is 0 Å². The van der Waals surface area contributed by atoms with Crippen LogP contribution in [0.1, 0.15) is 11.1 Å². The van der Waals surface area contributed by atoms with E-state index in [4.69, 9.17) is 0 Å². The molecule has 2 aromatic carbocycles. The van der Waals surface area contributed by atoms with Crippen LogP contribution in [0.25, 0.3) is 0 Å². The summed E-state index contributed by atoms with van der Waals surface area (Å²) in [6.45, 7) is 0.998. The number of benzene rings is 2. The number of amides is 2. The van der Waals surface area contributed by atoms with Crippen molar-refractivity contribution in [3.05, 3.63) is 59.7 Å². The predicted octanol–water partition coefficient (Wildman–Crippen LogP) is 4.01. The topological polar surface area (TPSA) is 55.8 Å². The molecule has 0 aliphatic rings. The SMILES string of the molecule is CN(C)CCN(Cc1cccc(O)c1)C(=O)Nc1ccccc1C(F)(F)F. The number of nitrogens with one attached hydrogen (secondary N) is 1. The van der Waals surface area contributed by atoms with Gasteiger partial charge in [-0.1, -0.05) is 24.3 Å². The summed E-state index contributed by atoms with van der Waals surface area (Å²) in [5.41, 5.74) is -0.517. The second kappa shape index (κ2) is 8.77. The summed E-state index contributed by atoms with van der Waals surface area (Å²) in [4.78, 5) is 15.9. The minimum Gasteiger partial charge on any atom is -0.508 e. The molecule has 5 nitrogen and oxygen atoms in total. The van der Waals surface area contributed by atoms with Crippen molar-refractivity contribution < 1.29 is 23.1 Å². The minimum absolute atomic E-state index is 0.0582. The number of nitrogens with zero attached hydrogens (tertiary/aromatic N) is 2. The summed E-state index contributed by atoms with van der Waals surface area (Å²) in [5, 5.41) is 12.0. The largest absolute Gasteiger partial charge is 0.508 e. The second-order valence-corrected chi connectivity index (χ2v) is 6.37. The smallest absolute Gasteiger partial charge is 0.418 e. The van der Waals surface area contributed by atoms with E-state index in [1.807, 2.05) is 19.0 Å². The number of hydrogen-bond donors (Lipinski definition) is 2. The van der Waals surface area contributed by atoms with Gasteiger partial charge < -0.3 is 20.2 Å². The lowest BCUT2D eigenvalue weighted by Gasteiger charge is -2.25. The zero-order valence-electron chi connectivity index (χ0n) is 15.1. The third-order valence-electron chi connectivity index (χ3n) is 3.86. The fourth-order valence-corrected chi connectivity index (χ4v) is 2.48. The van der Waals surface area contributed by atoms with Crippen LogP contribution in [0.4, 0.5) is 23.7 Å². The van der Waals surface area contributed by atoms with Gasteiger partial charge >= 0.3 is 12.2 Å². The van der Waals surface area contributed by atoms with Crippen molar-refractivity contribution in [2.45, 2.75) is 12.7 Å². The molecule has 27 heavy (non-hydrogen) atoms. The molecule has 2 rings (SSSR count). The van der Waals surface area contributed by atoms with E-state index in [-0.39, 0.29) is 18.0 Å². The highest BCUT2D eigenvalue weighted by atomic mass is 19.4. The van der Waals surface area contributed by atoms with Gasteiger partial charge in [0.15, 0.2) is 0 Å². The third kappa shape index (κ3) is 6.18. The van der Waals surface area contributed by atoms with E-state index < -0.39 is 17.8 Å². The summed E-state index contributed by atoms with van der Waals surface area (Å²) in [6, 6.07) is 10.6. The minimum atomic E-state index is -4.57. The maximum atomic E-state index is 13.1. The molecule has 2 N–H and O–H groups in total. The first-order valence-corrected chi connectivity index (χ1v) is 8.31. The maximum absolute atomic E-state index is 13.1. The van der Waals surface area contributed by atoms with Crippen molar-refractivity contribution in [3.63, 3.8) is 0 Å². The van der Waals surface area contributed by atoms with Crippen molar-refractivity contribution in [2.75, 3.05) is 32.5 Å². The molecule has 0 unspecified atom stereocenters. The monoisotopic (exact) mass is 381 g/mol. The third-order valence-corrected chi connectivity index (χ3v) is 3.86. The van der Waals surface area contributed by atoms with Gasteiger partial charge in [-0.2, -0.15) is 13.2 Å². The fourth-order valence-electron chi connectivity index (χ4n) is 2.48. The molecule has 8 heteroatoms. The number of aromatic hydroxyl groups is 1. The Labute approximate surface area is 156 Å². The lowest BCUT2D eigenvalue weighted by Crippen LogP contribution is -2.39. The molecule has 0 fully saturated rings. The molecule has 0 atom stereocenters. The van der Waals surface area contributed by atoms with Gasteiger partial charge in [-0.25, -0.2) is 4.79 Å². The number of phenolic OH excluding ortho intramolecular Hbond substituents is 1. The Kier molecular flexibility index (Phi) is 6.68. The van der Waals surface area contributed by atoms with Crippen molar-refractivity contribution in [2.24, 2.45) is 0 Å². The number of urea groups is 1. The van der Waals surface area contributed by atoms with Crippen LogP contribution in [-0.4, -0.2) is 48.1 Å². The Balaban J connectivity index is 2.21. The van der Waals surface area contributed by atoms with Gasteiger partial charge in [-0.3, -0.25) is 0 Å². The maximum Gasteiger partial charge on any atom is 0.418 e. The molecule has 2 aromatic rings. The van der Waals surface area contributed by atoms with Crippen LogP contribution in [0.2, 0.25) is 0 Å².